The number of imidazole rings is 1. The number of hydrogen-bond donors (Lipinski definition) is 1. The minimum absolute atomic E-state index is 0.606. The van der Waals surface area contributed by atoms with Gasteiger partial charge in [0.1, 0.15) is 5.82 Å². The van der Waals surface area contributed by atoms with Crippen LogP contribution in [-0.4, -0.2) is 50.3 Å². The van der Waals surface area contributed by atoms with E-state index in [9.17, 15) is 0 Å². The van der Waals surface area contributed by atoms with Crippen LogP contribution in [0.4, 0.5) is 0 Å². The molecule has 7 nitrogen and oxygen atoms in total. The third-order valence-electron chi connectivity index (χ3n) is 4.85. The van der Waals surface area contributed by atoms with E-state index < -0.39 is 0 Å². The summed E-state index contributed by atoms with van der Waals surface area (Å²) in [5.74, 6) is 3.29. The van der Waals surface area contributed by atoms with Crippen LogP contribution in [0.3, 0.4) is 0 Å². The molecule has 1 atom stereocenters. The van der Waals surface area contributed by atoms with E-state index in [2.05, 4.69) is 56.1 Å². The van der Waals surface area contributed by atoms with Crippen LogP contribution in [0.1, 0.15) is 31.7 Å². The Bertz CT molecular complexity index is 728. The predicted octanol–water partition coefficient (Wildman–Crippen LogP) is 1.91. The number of guanidine groups is 1. The summed E-state index contributed by atoms with van der Waals surface area (Å²) in [7, 11) is 3.83. The van der Waals surface area contributed by atoms with Crippen molar-refractivity contribution >= 4 is 5.96 Å². The molecule has 0 bridgehead atoms. The fourth-order valence-corrected chi connectivity index (χ4v) is 3.66. The Labute approximate surface area is 156 Å². The number of nitrogens with zero attached hydrogens (tertiary/aromatic N) is 6. The standard InChI is InChI=1S/C19H31N7/c1-15(2)12-25-8-6-21-18(25)11-22-19(20-3)26-7-5-16(14-26)9-17-10-23-24(4)13-17/h6,8,10,13,15-16H,5,7,9,11-12,14H2,1-4H3,(H,20,22). The molecular weight excluding hydrogens is 326 g/mol. The molecule has 1 saturated heterocycles. The average molecular weight is 358 g/mol. The molecule has 2 aromatic rings. The quantitative estimate of drug-likeness (QED) is 0.634. The zero-order valence-corrected chi connectivity index (χ0v) is 16.4. The maximum absolute atomic E-state index is 4.49. The van der Waals surface area contributed by atoms with Gasteiger partial charge in [0.25, 0.3) is 0 Å². The fraction of sp³-hybridized carbons (Fsp3) is 0.632. The Kier molecular flexibility index (Phi) is 5.96. The van der Waals surface area contributed by atoms with Gasteiger partial charge in [0.2, 0.25) is 0 Å². The molecule has 1 unspecified atom stereocenters. The molecule has 0 aromatic carbocycles. The molecule has 7 heteroatoms. The van der Waals surface area contributed by atoms with Gasteiger partial charge in [0, 0.05) is 52.3 Å². The van der Waals surface area contributed by atoms with Gasteiger partial charge in [-0.2, -0.15) is 5.10 Å². The average Bonchev–Trinajstić information content (AvgIpc) is 3.31. The molecule has 1 aliphatic heterocycles. The number of aromatic nitrogens is 4. The lowest BCUT2D eigenvalue weighted by molar-refractivity contribution is 0.455. The molecule has 142 valence electrons. The van der Waals surface area contributed by atoms with Crippen molar-refractivity contribution in [1.29, 1.82) is 0 Å². The first-order valence-corrected chi connectivity index (χ1v) is 9.48. The molecule has 1 aliphatic rings. The van der Waals surface area contributed by atoms with Crippen molar-refractivity contribution in [1.82, 2.24) is 29.5 Å². The highest BCUT2D eigenvalue weighted by atomic mass is 15.3. The van der Waals surface area contributed by atoms with Gasteiger partial charge in [-0.25, -0.2) is 4.98 Å². The van der Waals surface area contributed by atoms with Gasteiger partial charge in [-0.1, -0.05) is 13.8 Å². The second kappa shape index (κ2) is 8.38. The fourth-order valence-electron chi connectivity index (χ4n) is 3.66. The second-order valence-corrected chi connectivity index (χ2v) is 7.62. The summed E-state index contributed by atoms with van der Waals surface area (Å²) in [5.41, 5.74) is 1.32. The molecule has 0 aliphatic carbocycles. The van der Waals surface area contributed by atoms with Crippen LogP contribution in [0.5, 0.6) is 0 Å². The molecule has 0 amide bonds. The first-order valence-electron chi connectivity index (χ1n) is 9.48. The van der Waals surface area contributed by atoms with Gasteiger partial charge >= 0.3 is 0 Å². The van der Waals surface area contributed by atoms with Crippen LogP contribution < -0.4 is 5.32 Å². The molecular formula is C19H31N7. The van der Waals surface area contributed by atoms with E-state index in [1.807, 2.05) is 31.2 Å². The highest BCUT2D eigenvalue weighted by Crippen LogP contribution is 2.20. The Morgan fingerprint density at radius 2 is 2.27 bits per heavy atom. The van der Waals surface area contributed by atoms with Crippen LogP contribution in [0.15, 0.2) is 29.8 Å². The molecule has 1 N–H and O–H groups in total. The first kappa shape index (κ1) is 18.5. The largest absolute Gasteiger partial charge is 0.349 e. The van der Waals surface area contributed by atoms with Crippen molar-refractivity contribution in [2.75, 3.05) is 20.1 Å². The summed E-state index contributed by atoms with van der Waals surface area (Å²) in [6.45, 7) is 8.23. The highest BCUT2D eigenvalue weighted by Gasteiger charge is 2.25. The highest BCUT2D eigenvalue weighted by molar-refractivity contribution is 5.80. The lowest BCUT2D eigenvalue weighted by Crippen LogP contribution is -2.40. The van der Waals surface area contributed by atoms with E-state index in [0.717, 1.165) is 37.8 Å². The van der Waals surface area contributed by atoms with Gasteiger partial charge in [-0.15, -0.1) is 0 Å². The molecule has 1 fully saturated rings. The topological polar surface area (TPSA) is 63.3 Å². The summed E-state index contributed by atoms with van der Waals surface area (Å²) in [4.78, 5) is 11.3. The maximum Gasteiger partial charge on any atom is 0.194 e. The van der Waals surface area contributed by atoms with Gasteiger partial charge in [0.05, 0.1) is 12.7 Å². The lowest BCUT2D eigenvalue weighted by atomic mass is 10.0. The number of likely N-dealkylation sites (tertiary alicyclic amines) is 1. The van der Waals surface area contributed by atoms with Crippen molar-refractivity contribution < 1.29 is 0 Å². The van der Waals surface area contributed by atoms with E-state index in [-0.39, 0.29) is 0 Å². The number of aliphatic imine (C=N–C) groups is 1. The molecule has 0 spiro atoms. The number of nitrogens with one attached hydrogen (secondary N) is 1. The SMILES string of the molecule is CN=C(NCc1nccn1CC(C)C)N1CCC(Cc2cnn(C)c2)C1. The Hall–Kier alpha value is -2.31. The number of hydrogen-bond acceptors (Lipinski definition) is 3. The van der Waals surface area contributed by atoms with Gasteiger partial charge < -0.3 is 14.8 Å². The second-order valence-electron chi connectivity index (χ2n) is 7.62. The maximum atomic E-state index is 4.49. The van der Waals surface area contributed by atoms with E-state index in [1.54, 1.807) is 0 Å². The van der Waals surface area contributed by atoms with E-state index in [4.69, 9.17) is 0 Å². The molecule has 0 saturated carbocycles. The van der Waals surface area contributed by atoms with Gasteiger partial charge in [-0.3, -0.25) is 9.67 Å². The first-order chi connectivity index (χ1) is 12.5. The Morgan fingerprint density at radius 3 is 2.96 bits per heavy atom. The molecule has 3 rings (SSSR count). The Balaban J connectivity index is 1.52. The van der Waals surface area contributed by atoms with Crippen molar-refractivity contribution in [2.24, 2.45) is 23.9 Å². The van der Waals surface area contributed by atoms with Crippen LogP contribution in [0.2, 0.25) is 0 Å². The third-order valence-corrected chi connectivity index (χ3v) is 4.85. The predicted molar refractivity (Wildman–Crippen MR) is 104 cm³/mol. The number of rotatable bonds is 6. The molecule has 2 aromatic heterocycles. The zero-order chi connectivity index (χ0) is 18.5. The normalized spacial score (nSPS) is 18.1. The van der Waals surface area contributed by atoms with Crippen LogP contribution in [-0.2, 0) is 26.6 Å². The van der Waals surface area contributed by atoms with Crippen molar-refractivity contribution in [3.05, 3.63) is 36.2 Å². The van der Waals surface area contributed by atoms with Gasteiger partial charge in [0.15, 0.2) is 5.96 Å². The van der Waals surface area contributed by atoms with Crippen LogP contribution in [0, 0.1) is 11.8 Å². The molecule has 26 heavy (non-hydrogen) atoms. The van der Waals surface area contributed by atoms with Crippen molar-refractivity contribution in [3.63, 3.8) is 0 Å². The van der Waals surface area contributed by atoms with Crippen LogP contribution in [0.25, 0.3) is 0 Å². The van der Waals surface area contributed by atoms with E-state index in [0.29, 0.717) is 18.4 Å². The lowest BCUT2D eigenvalue weighted by Gasteiger charge is -2.22. The van der Waals surface area contributed by atoms with Crippen molar-refractivity contribution in [3.8, 4) is 0 Å². The van der Waals surface area contributed by atoms with E-state index >= 15 is 0 Å². The summed E-state index contributed by atoms with van der Waals surface area (Å²) in [6, 6.07) is 0. The third kappa shape index (κ3) is 4.65. The summed E-state index contributed by atoms with van der Waals surface area (Å²) in [6.07, 6.45) is 10.3. The summed E-state index contributed by atoms with van der Waals surface area (Å²) in [5, 5.41) is 7.77. The van der Waals surface area contributed by atoms with Crippen LogP contribution >= 0.6 is 0 Å². The number of aryl methyl sites for hydroxylation is 1. The monoisotopic (exact) mass is 357 g/mol. The van der Waals surface area contributed by atoms with Gasteiger partial charge in [-0.05, 0) is 30.2 Å². The van der Waals surface area contributed by atoms with Crippen molar-refractivity contribution in [2.45, 2.75) is 39.8 Å². The molecule has 0 radical (unpaired) electrons. The summed E-state index contributed by atoms with van der Waals surface area (Å²) < 4.78 is 4.10. The zero-order valence-electron chi connectivity index (χ0n) is 16.4. The smallest absolute Gasteiger partial charge is 0.194 e. The minimum Gasteiger partial charge on any atom is -0.349 e. The Morgan fingerprint density at radius 1 is 1.42 bits per heavy atom. The van der Waals surface area contributed by atoms with E-state index in [1.165, 1.54) is 12.0 Å². The summed E-state index contributed by atoms with van der Waals surface area (Å²) >= 11 is 0. The molecule has 3 heterocycles. The minimum atomic E-state index is 0.606.